The predicted molar refractivity (Wildman–Crippen MR) is 64.6 cm³/mol. The summed E-state index contributed by atoms with van der Waals surface area (Å²) < 4.78 is 5.50. The lowest BCUT2D eigenvalue weighted by atomic mass is 10.2. The fourth-order valence-corrected chi connectivity index (χ4v) is 1.46. The number of nitrogens with zero attached hydrogens (tertiary/aromatic N) is 1. The molecular weight excluding hydrogens is 251 g/mol. The highest BCUT2D eigenvalue weighted by molar-refractivity contribution is 6.34. The highest BCUT2D eigenvalue weighted by Gasteiger charge is 2.15. The van der Waals surface area contributed by atoms with E-state index in [-0.39, 0.29) is 5.84 Å². The topological polar surface area (TPSA) is 67.8 Å². The van der Waals surface area contributed by atoms with Crippen molar-refractivity contribution >= 4 is 29.0 Å². The first kappa shape index (κ1) is 12.9. The molecule has 0 saturated carbocycles. The third-order valence-electron chi connectivity index (χ3n) is 1.98. The predicted octanol–water partition coefficient (Wildman–Crippen LogP) is 2.90. The van der Waals surface area contributed by atoms with Gasteiger partial charge in [0.25, 0.3) is 0 Å². The summed E-state index contributed by atoms with van der Waals surface area (Å²) in [6.45, 7) is 1.85. The molecule has 0 aliphatic carbocycles. The first-order chi connectivity index (χ1) is 7.58. The molecule has 1 aromatic rings. The minimum absolute atomic E-state index is 0.00135. The van der Waals surface area contributed by atoms with Crippen LogP contribution < -0.4 is 10.5 Å². The van der Waals surface area contributed by atoms with Crippen LogP contribution in [0.2, 0.25) is 10.0 Å². The first-order valence-corrected chi connectivity index (χ1v) is 5.43. The number of benzene rings is 1. The van der Waals surface area contributed by atoms with Crippen molar-refractivity contribution in [1.82, 2.24) is 0 Å². The van der Waals surface area contributed by atoms with Gasteiger partial charge in [0.05, 0.1) is 5.02 Å². The summed E-state index contributed by atoms with van der Waals surface area (Å²) >= 11 is 11.7. The summed E-state index contributed by atoms with van der Waals surface area (Å²) in [6, 6.07) is 4.86. The molecule has 1 rings (SSSR count). The van der Waals surface area contributed by atoms with Gasteiger partial charge in [-0.2, -0.15) is 0 Å². The lowest BCUT2D eigenvalue weighted by Gasteiger charge is -2.16. The van der Waals surface area contributed by atoms with Gasteiger partial charge in [0.2, 0.25) is 0 Å². The molecule has 0 bridgehead atoms. The molecule has 1 atom stereocenters. The molecule has 0 fully saturated rings. The number of oxime groups is 1. The molecule has 1 unspecified atom stereocenters. The van der Waals surface area contributed by atoms with Crippen molar-refractivity contribution in [3.8, 4) is 5.75 Å². The average molecular weight is 263 g/mol. The number of rotatable bonds is 4. The van der Waals surface area contributed by atoms with E-state index in [0.717, 1.165) is 0 Å². The zero-order valence-electron chi connectivity index (χ0n) is 8.65. The Kier molecular flexibility index (Phi) is 4.71. The Bertz CT molecular complexity index is 396. The van der Waals surface area contributed by atoms with Crippen LogP contribution in [0.3, 0.4) is 0 Å². The van der Waals surface area contributed by atoms with Gasteiger partial charge in [-0.05, 0) is 18.6 Å². The van der Waals surface area contributed by atoms with Crippen molar-refractivity contribution < 1.29 is 9.94 Å². The number of hydrogen-bond donors (Lipinski definition) is 2. The lowest BCUT2D eigenvalue weighted by molar-refractivity contribution is 0.247. The van der Waals surface area contributed by atoms with E-state index in [1.54, 1.807) is 18.2 Å². The normalized spacial score (nSPS) is 13.6. The van der Waals surface area contributed by atoms with Crippen molar-refractivity contribution in [1.29, 1.82) is 0 Å². The van der Waals surface area contributed by atoms with E-state index >= 15 is 0 Å². The van der Waals surface area contributed by atoms with E-state index in [0.29, 0.717) is 22.2 Å². The molecule has 0 aliphatic rings. The smallest absolute Gasteiger partial charge is 0.180 e. The largest absolute Gasteiger partial charge is 0.481 e. The van der Waals surface area contributed by atoms with E-state index < -0.39 is 6.10 Å². The quantitative estimate of drug-likeness (QED) is 0.380. The molecule has 4 nitrogen and oxygen atoms in total. The average Bonchev–Trinajstić information content (AvgIpc) is 2.29. The molecule has 0 spiro atoms. The fraction of sp³-hybridized carbons (Fsp3) is 0.300. The number of amidine groups is 1. The molecular formula is C10H12Cl2N2O2. The van der Waals surface area contributed by atoms with E-state index in [1.807, 2.05) is 6.92 Å². The van der Waals surface area contributed by atoms with E-state index in [2.05, 4.69) is 5.16 Å². The van der Waals surface area contributed by atoms with Gasteiger partial charge in [-0.15, -0.1) is 0 Å². The highest BCUT2D eigenvalue weighted by Crippen LogP contribution is 2.28. The van der Waals surface area contributed by atoms with Crippen LogP contribution in [0.5, 0.6) is 5.75 Å². The van der Waals surface area contributed by atoms with Gasteiger partial charge in [0, 0.05) is 11.1 Å². The SMILES string of the molecule is CCC(Oc1cc(Cl)ccc1Cl)C(N)=NO. The van der Waals surface area contributed by atoms with Crippen LogP contribution in [0.4, 0.5) is 0 Å². The van der Waals surface area contributed by atoms with E-state index in [4.69, 9.17) is 38.9 Å². The van der Waals surface area contributed by atoms with Crippen LogP contribution in [-0.4, -0.2) is 17.1 Å². The number of ether oxygens (including phenoxy) is 1. The zero-order valence-corrected chi connectivity index (χ0v) is 10.2. The highest BCUT2D eigenvalue weighted by atomic mass is 35.5. The molecule has 0 aliphatic heterocycles. The lowest BCUT2D eigenvalue weighted by Crippen LogP contribution is -2.33. The maximum absolute atomic E-state index is 8.56. The molecule has 6 heteroatoms. The monoisotopic (exact) mass is 262 g/mol. The van der Waals surface area contributed by atoms with E-state index in [9.17, 15) is 0 Å². The van der Waals surface area contributed by atoms with Crippen molar-refractivity contribution in [2.45, 2.75) is 19.4 Å². The molecule has 16 heavy (non-hydrogen) atoms. The number of halogens is 2. The maximum atomic E-state index is 8.56. The van der Waals surface area contributed by atoms with Gasteiger partial charge in [0.1, 0.15) is 5.75 Å². The van der Waals surface area contributed by atoms with Crippen molar-refractivity contribution in [2.24, 2.45) is 10.9 Å². The minimum atomic E-state index is -0.527. The molecule has 0 heterocycles. The van der Waals surface area contributed by atoms with Gasteiger partial charge in [0.15, 0.2) is 11.9 Å². The van der Waals surface area contributed by atoms with Crippen LogP contribution in [0.25, 0.3) is 0 Å². The Morgan fingerprint density at radius 2 is 2.25 bits per heavy atom. The van der Waals surface area contributed by atoms with Gasteiger partial charge >= 0.3 is 0 Å². The second-order valence-corrected chi connectivity index (χ2v) is 3.96. The molecule has 88 valence electrons. The summed E-state index contributed by atoms with van der Waals surface area (Å²) in [5, 5.41) is 12.4. The molecule has 0 radical (unpaired) electrons. The van der Waals surface area contributed by atoms with Gasteiger partial charge in [-0.25, -0.2) is 0 Å². The second kappa shape index (κ2) is 5.82. The molecule has 0 aromatic heterocycles. The Labute approximate surface area is 104 Å². The summed E-state index contributed by atoms with van der Waals surface area (Å²) in [4.78, 5) is 0. The summed E-state index contributed by atoms with van der Waals surface area (Å²) in [5.74, 6) is 0.408. The molecule has 0 amide bonds. The van der Waals surface area contributed by atoms with Crippen LogP contribution in [0, 0.1) is 0 Å². The van der Waals surface area contributed by atoms with Crippen molar-refractivity contribution in [3.63, 3.8) is 0 Å². The Morgan fingerprint density at radius 1 is 1.56 bits per heavy atom. The second-order valence-electron chi connectivity index (χ2n) is 3.11. The molecule has 0 saturated heterocycles. The summed E-state index contributed by atoms with van der Waals surface area (Å²) in [5.41, 5.74) is 5.46. The standard InChI is InChI=1S/C10H12Cl2N2O2/c1-2-8(10(13)14-15)16-9-5-6(11)3-4-7(9)12/h3-5,8,15H,2H2,1H3,(H2,13,14). The van der Waals surface area contributed by atoms with Crippen molar-refractivity contribution in [3.05, 3.63) is 28.2 Å². The Morgan fingerprint density at radius 3 is 2.81 bits per heavy atom. The first-order valence-electron chi connectivity index (χ1n) is 4.67. The summed E-state index contributed by atoms with van der Waals surface area (Å²) in [6.07, 6.45) is 0.0274. The van der Waals surface area contributed by atoms with Crippen LogP contribution in [-0.2, 0) is 0 Å². The third-order valence-corrected chi connectivity index (χ3v) is 2.53. The Hall–Kier alpha value is -1.13. The van der Waals surface area contributed by atoms with Crippen LogP contribution in [0.1, 0.15) is 13.3 Å². The zero-order chi connectivity index (χ0) is 12.1. The number of nitrogens with two attached hydrogens (primary N) is 1. The Balaban J connectivity index is 2.89. The van der Waals surface area contributed by atoms with Crippen LogP contribution >= 0.6 is 23.2 Å². The van der Waals surface area contributed by atoms with E-state index in [1.165, 1.54) is 0 Å². The minimum Gasteiger partial charge on any atom is -0.481 e. The number of hydrogen-bond acceptors (Lipinski definition) is 3. The van der Waals surface area contributed by atoms with Crippen molar-refractivity contribution in [2.75, 3.05) is 0 Å². The molecule has 3 N–H and O–H groups in total. The summed E-state index contributed by atoms with van der Waals surface area (Å²) in [7, 11) is 0. The third kappa shape index (κ3) is 3.18. The fourth-order valence-electron chi connectivity index (χ4n) is 1.14. The van der Waals surface area contributed by atoms with Crippen LogP contribution in [0.15, 0.2) is 23.4 Å². The van der Waals surface area contributed by atoms with Gasteiger partial charge < -0.3 is 15.7 Å². The maximum Gasteiger partial charge on any atom is 0.180 e. The van der Waals surface area contributed by atoms with Gasteiger partial charge in [-0.1, -0.05) is 35.3 Å². The molecule has 1 aromatic carbocycles. The van der Waals surface area contributed by atoms with Gasteiger partial charge in [-0.3, -0.25) is 0 Å².